The third-order valence-electron chi connectivity index (χ3n) is 4.52. The lowest BCUT2D eigenvalue weighted by Gasteiger charge is -2.23. The van der Waals surface area contributed by atoms with Gasteiger partial charge in [0, 0.05) is 12.5 Å². The molecule has 2 N–H and O–H groups in total. The molecule has 0 radical (unpaired) electrons. The molecule has 0 saturated heterocycles. The molecule has 2 aromatic carbocycles. The van der Waals surface area contributed by atoms with E-state index < -0.39 is 15.9 Å². The summed E-state index contributed by atoms with van der Waals surface area (Å²) in [6, 6.07) is 14.3. The number of hydrogen-bond acceptors (Lipinski definition) is 4. The number of rotatable bonds is 5. The number of hydrogen-bond donors (Lipinski definition) is 2. The molecule has 0 bridgehead atoms. The lowest BCUT2D eigenvalue weighted by molar-refractivity contribution is 0.137. The van der Waals surface area contributed by atoms with Crippen molar-refractivity contribution in [2.75, 3.05) is 5.75 Å². The molecule has 4 nitrogen and oxygen atoms in total. The first-order valence-corrected chi connectivity index (χ1v) is 9.83. The van der Waals surface area contributed by atoms with Gasteiger partial charge in [-0.2, -0.15) is 0 Å². The van der Waals surface area contributed by atoms with E-state index in [0.29, 0.717) is 11.3 Å². The van der Waals surface area contributed by atoms with Gasteiger partial charge in [0.2, 0.25) is 0 Å². The molecule has 1 aliphatic rings. The second kappa shape index (κ2) is 6.67. The first-order valence-electron chi connectivity index (χ1n) is 8.18. The van der Waals surface area contributed by atoms with Crippen molar-refractivity contribution in [3.8, 4) is 0 Å². The molecule has 0 amide bonds. The number of aliphatic hydroxyl groups excluding tert-OH is 1. The normalized spacial score (nSPS) is 21.5. The minimum atomic E-state index is -3.36. The Hall–Kier alpha value is -1.69. The van der Waals surface area contributed by atoms with Crippen molar-refractivity contribution in [2.45, 2.75) is 43.4 Å². The maximum Gasteiger partial charge on any atom is 0.179 e. The molecular weight excluding hydrogens is 322 g/mol. The standard InChI is InChI=1S/C19H23NO3S/c1-13-7-9-16(10-8-13)24(22,23)12-14(2)20-19-17-6-4-3-5-15(17)11-18(19)21/h3-10,14,18-21H,11-12H2,1-2H3/t14-,18+,19-/m0/s1. The van der Waals surface area contributed by atoms with Gasteiger partial charge in [-0.15, -0.1) is 0 Å². The van der Waals surface area contributed by atoms with E-state index in [2.05, 4.69) is 5.32 Å². The van der Waals surface area contributed by atoms with E-state index in [9.17, 15) is 13.5 Å². The van der Waals surface area contributed by atoms with Crippen LogP contribution in [0.3, 0.4) is 0 Å². The fraction of sp³-hybridized carbons (Fsp3) is 0.368. The second-order valence-corrected chi connectivity index (χ2v) is 8.64. The largest absolute Gasteiger partial charge is 0.391 e. The Kier molecular flexibility index (Phi) is 4.76. The zero-order valence-electron chi connectivity index (χ0n) is 13.9. The Morgan fingerprint density at radius 1 is 1.17 bits per heavy atom. The molecule has 3 atom stereocenters. The molecule has 0 aliphatic heterocycles. The molecule has 0 unspecified atom stereocenters. The van der Waals surface area contributed by atoms with Crippen LogP contribution in [-0.2, 0) is 16.3 Å². The summed E-state index contributed by atoms with van der Waals surface area (Å²) in [7, 11) is -3.36. The molecule has 0 heterocycles. The third kappa shape index (κ3) is 3.53. The van der Waals surface area contributed by atoms with Gasteiger partial charge in [0.15, 0.2) is 9.84 Å². The van der Waals surface area contributed by atoms with Gasteiger partial charge in [-0.05, 0) is 37.1 Å². The molecule has 0 aromatic heterocycles. The maximum absolute atomic E-state index is 12.6. The van der Waals surface area contributed by atoms with E-state index in [-0.39, 0.29) is 17.8 Å². The summed E-state index contributed by atoms with van der Waals surface area (Å²) < 4.78 is 25.1. The van der Waals surface area contributed by atoms with Crippen molar-refractivity contribution >= 4 is 9.84 Å². The quantitative estimate of drug-likeness (QED) is 0.873. The van der Waals surface area contributed by atoms with Crippen LogP contribution in [-0.4, -0.2) is 31.4 Å². The van der Waals surface area contributed by atoms with Crippen molar-refractivity contribution in [3.05, 3.63) is 65.2 Å². The van der Waals surface area contributed by atoms with Crippen molar-refractivity contribution in [1.29, 1.82) is 0 Å². The lowest BCUT2D eigenvalue weighted by atomic mass is 10.1. The summed E-state index contributed by atoms with van der Waals surface area (Å²) in [6.45, 7) is 3.78. The van der Waals surface area contributed by atoms with Crippen LogP contribution in [0.1, 0.15) is 29.7 Å². The van der Waals surface area contributed by atoms with Gasteiger partial charge < -0.3 is 10.4 Å². The monoisotopic (exact) mass is 345 g/mol. The van der Waals surface area contributed by atoms with Crippen molar-refractivity contribution in [1.82, 2.24) is 5.32 Å². The molecule has 24 heavy (non-hydrogen) atoms. The van der Waals surface area contributed by atoms with E-state index in [0.717, 1.165) is 16.7 Å². The molecule has 3 rings (SSSR count). The highest BCUT2D eigenvalue weighted by atomic mass is 32.2. The van der Waals surface area contributed by atoms with Gasteiger partial charge in [0.1, 0.15) is 0 Å². The molecule has 2 aromatic rings. The van der Waals surface area contributed by atoms with Gasteiger partial charge in [0.25, 0.3) is 0 Å². The number of fused-ring (bicyclic) bond motifs is 1. The van der Waals surface area contributed by atoms with E-state index in [4.69, 9.17) is 0 Å². The number of sulfone groups is 1. The van der Waals surface area contributed by atoms with Gasteiger partial charge in [-0.25, -0.2) is 8.42 Å². The minimum Gasteiger partial charge on any atom is -0.391 e. The highest BCUT2D eigenvalue weighted by Gasteiger charge is 2.32. The van der Waals surface area contributed by atoms with Gasteiger partial charge in [-0.3, -0.25) is 0 Å². The Labute approximate surface area is 143 Å². The van der Waals surface area contributed by atoms with Crippen molar-refractivity contribution in [2.24, 2.45) is 0 Å². The van der Waals surface area contributed by atoms with Crippen LogP contribution >= 0.6 is 0 Å². The SMILES string of the molecule is Cc1ccc(S(=O)(=O)C[C@H](C)N[C@H]2c3ccccc3C[C@H]2O)cc1. The zero-order valence-corrected chi connectivity index (χ0v) is 14.8. The van der Waals surface area contributed by atoms with Gasteiger partial charge in [-0.1, -0.05) is 42.0 Å². The Morgan fingerprint density at radius 3 is 2.54 bits per heavy atom. The number of benzene rings is 2. The molecule has 1 aliphatic carbocycles. The van der Waals surface area contributed by atoms with E-state index >= 15 is 0 Å². The van der Waals surface area contributed by atoms with Crippen LogP contribution in [0.2, 0.25) is 0 Å². The summed E-state index contributed by atoms with van der Waals surface area (Å²) in [4.78, 5) is 0.342. The molecular formula is C19H23NO3S. The van der Waals surface area contributed by atoms with Crippen molar-refractivity contribution < 1.29 is 13.5 Å². The van der Waals surface area contributed by atoms with Crippen LogP contribution in [0.25, 0.3) is 0 Å². The summed E-state index contributed by atoms with van der Waals surface area (Å²) in [5.74, 6) is 0.00144. The van der Waals surface area contributed by atoms with E-state index in [1.54, 1.807) is 12.1 Å². The van der Waals surface area contributed by atoms with Crippen LogP contribution in [0.15, 0.2) is 53.4 Å². The molecule has 0 spiro atoms. The summed E-state index contributed by atoms with van der Waals surface area (Å²) in [5.41, 5.74) is 3.21. The number of nitrogens with one attached hydrogen (secondary N) is 1. The first kappa shape index (κ1) is 17.1. The average Bonchev–Trinajstić information content (AvgIpc) is 2.83. The van der Waals surface area contributed by atoms with E-state index in [1.807, 2.05) is 50.2 Å². The topological polar surface area (TPSA) is 66.4 Å². The van der Waals surface area contributed by atoms with Crippen LogP contribution < -0.4 is 5.32 Å². The highest BCUT2D eigenvalue weighted by molar-refractivity contribution is 7.91. The fourth-order valence-corrected chi connectivity index (χ4v) is 4.80. The Balaban J connectivity index is 1.72. The molecule has 0 saturated carbocycles. The Bertz CT molecular complexity index is 815. The zero-order chi connectivity index (χ0) is 17.3. The summed E-state index contributed by atoms with van der Waals surface area (Å²) >= 11 is 0. The smallest absolute Gasteiger partial charge is 0.179 e. The summed E-state index contributed by atoms with van der Waals surface area (Å²) in [5, 5.41) is 13.6. The van der Waals surface area contributed by atoms with E-state index in [1.165, 1.54) is 0 Å². The highest BCUT2D eigenvalue weighted by Crippen LogP contribution is 2.31. The molecule has 0 fully saturated rings. The second-order valence-electron chi connectivity index (χ2n) is 6.61. The third-order valence-corrected chi connectivity index (χ3v) is 6.45. The average molecular weight is 345 g/mol. The van der Waals surface area contributed by atoms with Crippen molar-refractivity contribution in [3.63, 3.8) is 0 Å². The molecule has 5 heteroatoms. The number of aryl methyl sites for hydroxylation is 1. The van der Waals surface area contributed by atoms with Crippen LogP contribution in [0.5, 0.6) is 0 Å². The predicted molar refractivity (Wildman–Crippen MR) is 94.7 cm³/mol. The molecule has 128 valence electrons. The van der Waals surface area contributed by atoms with Gasteiger partial charge >= 0.3 is 0 Å². The van der Waals surface area contributed by atoms with Crippen LogP contribution in [0, 0.1) is 6.92 Å². The fourth-order valence-electron chi connectivity index (χ4n) is 3.30. The minimum absolute atomic E-state index is 0.00144. The summed E-state index contributed by atoms with van der Waals surface area (Å²) in [6.07, 6.45) is 0.0811. The predicted octanol–water partition coefficient (Wildman–Crippen LogP) is 2.41. The number of aliphatic hydroxyl groups is 1. The van der Waals surface area contributed by atoms with Crippen LogP contribution in [0.4, 0.5) is 0 Å². The van der Waals surface area contributed by atoms with Gasteiger partial charge in [0.05, 0.1) is 22.8 Å². The maximum atomic E-state index is 12.6. The lowest BCUT2D eigenvalue weighted by Crippen LogP contribution is -2.39. The first-order chi connectivity index (χ1) is 11.4. The Morgan fingerprint density at radius 2 is 1.83 bits per heavy atom.